The minimum Gasteiger partial charge on any atom is -0.496 e. The van der Waals surface area contributed by atoms with E-state index in [9.17, 15) is 14.9 Å². The Morgan fingerprint density at radius 1 is 1.38 bits per heavy atom. The van der Waals surface area contributed by atoms with Crippen molar-refractivity contribution in [3.05, 3.63) is 51.1 Å². The first kappa shape index (κ1) is 18.2. The Kier molecular flexibility index (Phi) is 5.10. The van der Waals surface area contributed by atoms with Crippen molar-refractivity contribution in [3.63, 3.8) is 0 Å². The monoisotopic (exact) mass is 390 g/mol. The second-order valence-electron chi connectivity index (χ2n) is 5.27. The number of carbonyl (C=O) groups is 1. The van der Waals surface area contributed by atoms with Gasteiger partial charge in [0.05, 0.1) is 28.6 Å². The lowest BCUT2D eigenvalue weighted by Gasteiger charge is -2.09. The minimum atomic E-state index is -0.490. The summed E-state index contributed by atoms with van der Waals surface area (Å²) in [6, 6.07) is 7.72. The molecule has 134 valence electrons. The van der Waals surface area contributed by atoms with Gasteiger partial charge in [-0.15, -0.1) is 0 Å². The standard InChI is InChI=1S/C17H14N2O5S2/c1-3-18-16(20)15(26-17(18)25)9-11-5-7-13(24-11)12-6-4-10(19(21)22)8-14(12)23-2/h4-9H,3H2,1-2H3/b15-9-. The van der Waals surface area contributed by atoms with Gasteiger partial charge in [0.15, 0.2) is 0 Å². The molecule has 1 fully saturated rings. The van der Waals surface area contributed by atoms with Crippen molar-refractivity contribution in [2.45, 2.75) is 6.92 Å². The van der Waals surface area contributed by atoms with E-state index in [-0.39, 0.29) is 11.6 Å². The van der Waals surface area contributed by atoms with E-state index in [1.807, 2.05) is 6.92 Å². The molecule has 0 unspecified atom stereocenters. The van der Waals surface area contributed by atoms with E-state index in [2.05, 4.69) is 0 Å². The maximum atomic E-state index is 12.3. The average Bonchev–Trinajstić information content (AvgIpc) is 3.19. The first-order valence-electron chi connectivity index (χ1n) is 7.62. The number of thiocarbonyl (C=S) groups is 1. The summed E-state index contributed by atoms with van der Waals surface area (Å²) in [5.74, 6) is 1.15. The van der Waals surface area contributed by atoms with Gasteiger partial charge in [-0.25, -0.2) is 0 Å². The summed E-state index contributed by atoms with van der Waals surface area (Å²) >= 11 is 6.41. The summed E-state index contributed by atoms with van der Waals surface area (Å²) in [4.78, 5) is 24.7. The molecule has 7 nitrogen and oxygen atoms in total. The molecule has 1 amide bonds. The Balaban J connectivity index is 1.92. The lowest BCUT2D eigenvalue weighted by atomic mass is 10.1. The van der Waals surface area contributed by atoms with Crippen LogP contribution in [0.4, 0.5) is 5.69 Å². The molecule has 1 saturated heterocycles. The zero-order chi connectivity index (χ0) is 18.8. The molecule has 0 saturated carbocycles. The Labute approximate surface area is 158 Å². The molecule has 2 heterocycles. The van der Waals surface area contributed by atoms with Crippen LogP contribution in [0.5, 0.6) is 5.75 Å². The Morgan fingerprint density at radius 2 is 2.15 bits per heavy atom. The molecule has 1 aromatic carbocycles. The second-order valence-corrected chi connectivity index (χ2v) is 6.95. The summed E-state index contributed by atoms with van der Waals surface area (Å²) in [7, 11) is 1.43. The van der Waals surface area contributed by atoms with Crippen LogP contribution >= 0.6 is 24.0 Å². The van der Waals surface area contributed by atoms with Gasteiger partial charge in [-0.3, -0.25) is 19.8 Å². The molecular formula is C17H14N2O5S2. The SMILES string of the molecule is CCN1C(=O)/C(=C/c2ccc(-c3ccc([N+](=O)[O-])cc3OC)o2)SC1=S. The van der Waals surface area contributed by atoms with Crippen molar-refractivity contribution in [2.24, 2.45) is 0 Å². The summed E-state index contributed by atoms with van der Waals surface area (Å²) in [5.41, 5.74) is 0.513. The van der Waals surface area contributed by atoms with E-state index in [1.165, 1.54) is 35.9 Å². The second kappa shape index (κ2) is 7.30. The number of carbonyl (C=O) groups excluding carboxylic acids is 1. The number of rotatable bonds is 5. The molecule has 9 heteroatoms. The smallest absolute Gasteiger partial charge is 0.273 e. The van der Waals surface area contributed by atoms with E-state index in [0.29, 0.717) is 38.6 Å². The predicted molar refractivity (Wildman–Crippen MR) is 103 cm³/mol. The number of hydrogen-bond donors (Lipinski definition) is 0. The minimum absolute atomic E-state index is 0.0689. The fourth-order valence-corrected chi connectivity index (χ4v) is 3.84. The third-order valence-electron chi connectivity index (χ3n) is 3.75. The summed E-state index contributed by atoms with van der Waals surface area (Å²) < 4.78 is 11.5. The van der Waals surface area contributed by atoms with Crippen LogP contribution < -0.4 is 4.74 Å². The van der Waals surface area contributed by atoms with Crippen molar-refractivity contribution < 1.29 is 18.9 Å². The van der Waals surface area contributed by atoms with E-state index in [4.69, 9.17) is 21.4 Å². The third kappa shape index (κ3) is 3.35. The molecule has 1 aliphatic rings. The van der Waals surface area contributed by atoms with Crippen molar-refractivity contribution in [1.82, 2.24) is 4.90 Å². The Bertz CT molecular complexity index is 935. The van der Waals surface area contributed by atoms with Crippen LogP contribution in [0.3, 0.4) is 0 Å². The van der Waals surface area contributed by atoms with Gasteiger partial charge in [0.2, 0.25) is 0 Å². The number of likely N-dealkylation sites (N-methyl/N-ethyl adjacent to an activating group) is 1. The third-order valence-corrected chi connectivity index (χ3v) is 5.13. The first-order valence-corrected chi connectivity index (χ1v) is 8.85. The highest BCUT2D eigenvalue weighted by molar-refractivity contribution is 8.26. The van der Waals surface area contributed by atoms with Gasteiger partial charge in [-0.2, -0.15) is 0 Å². The number of ether oxygens (including phenoxy) is 1. The predicted octanol–water partition coefficient (Wildman–Crippen LogP) is 4.08. The molecule has 0 atom stereocenters. The fourth-order valence-electron chi connectivity index (χ4n) is 2.47. The molecule has 0 aliphatic carbocycles. The van der Waals surface area contributed by atoms with Crippen molar-refractivity contribution >= 4 is 46.0 Å². The van der Waals surface area contributed by atoms with Gasteiger partial charge in [0.1, 0.15) is 21.6 Å². The highest BCUT2D eigenvalue weighted by Gasteiger charge is 2.30. The first-order chi connectivity index (χ1) is 12.4. The number of non-ortho nitro benzene ring substituents is 1. The van der Waals surface area contributed by atoms with Crippen LogP contribution in [0.1, 0.15) is 12.7 Å². The number of amides is 1. The summed E-state index contributed by atoms with van der Waals surface area (Å²) in [6.45, 7) is 2.38. The van der Waals surface area contributed by atoms with E-state index < -0.39 is 4.92 Å². The quantitative estimate of drug-likeness (QED) is 0.329. The van der Waals surface area contributed by atoms with Crippen LogP contribution in [0.25, 0.3) is 17.4 Å². The highest BCUT2D eigenvalue weighted by Crippen LogP contribution is 2.36. The van der Waals surface area contributed by atoms with Crippen LogP contribution in [-0.2, 0) is 4.79 Å². The molecule has 2 aromatic rings. The number of furan rings is 1. The summed E-state index contributed by atoms with van der Waals surface area (Å²) in [5, 5.41) is 10.9. The van der Waals surface area contributed by atoms with Crippen molar-refractivity contribution in [3.8, 4) is 17.1 Å². The Hall–Kier alpha value is -2.65. The van der Waals surface area contributed by atoms with Crippen LogP contribution in [-0.4, -0.2) is 33.7 Å². The van der Waals surface area contributed by atoms with Gasteiger partial charge in [0.25, 0.3) is 11.6 Å². The Morgan fingerprint density at radius 3 is 2.77 bits per heavy atom. The molecule has 0 N–H and O–H groups in total. The van der Waals surface area contributed by atoms with Gasteiger partial charge < -0.3 is 9.15 Å². The van der Waals surface area contributed by atoms with Gasteiger partial charge in [0, 0.05) is 18.7 Å². The number of benzene rings is 1. The van der Waals surface area contributed by atoms with Gasteiger partial charge in [-0.1, -0.05) is 24.0 Å². The van der Waals surface area contributed by atoms with Crippen molar-refractivity contribution in [2.75, 3.05) is 13.7 Å². The van der Waals surface area contributed by atoms with Crippen LogP contribution in [0, 0.1) is 10.1 Å². The normalized spacial score (nSPS) is 15.8. The maximum absolute atomic E-state index is 12.3. The number of nitro benzene ring substituents is 1. The molecule has 1 aromatic heterocycles. The lowest BCUT2D eigenvalue weighted by Crippen LogP contribution is -2.27. The number of hydrogen-bond acceptors (Lipinski definition) is 7. The zero-order valence-electron chi connectivity index (χ0n) is 13.9. The molecule has 0 radical (unpaired) electrons. The highest BCUT2D eigenvalue weighted by atomic mass is 32.2. The van der Waals surface area contributed by atoms with Crippen LogP contribution in [0.2, 0.25) is 0 Å². The van der Waals surface area contributed by atoms with Gasteiger partial charge >= 0.3 is 0 Å². The van der Waals surface area contributed by atoms with E-state index in [0.717, 1.165) is 0 Å². The molecular weight excluding hydrogens is 376 g/mol. The number of nitro groups is 1. The summed E-state index contributed by atoms with van der Waals surface area (Å²) in [6.07, 6.45) is 1.64. The fraction of sp³-hybridized carbons (Fsp3) is 0.176. The van der Waals surface area contributed by atoms with E-state index >= 15 is 0 Å². The van der Waals surface area contributed by atoms with Crippen molar-refractivity contribution in [1.29, 1.82) is 0 Å². The molecule has 0 bridgehead atoms. The molecule has 26 heavy (non-hydrogen) atoms. The average molecular weight is 390 g/mol. The van der Waals surface area contributed by atoms with Gasteiger partial charge in [-0.05, 0) is 25.1 Å². The van der Waals surface area contributed by atoms with Crippen LogP contribution in [0.15, 0.2) is 39.7 Å². The molecule has 1 aliphatic heterocycles. The lowest BCUT2D eigenvalue weighted by molar-refractivity contribution is -0.384. The maximum Gasteiger partial charge on any atom is 0.273 e. The molecule has 3 rings (SSSR count). The topological polar surface area (TPSA) is 85.8 Å². The molecule has 0 spiro atoms. The number of methoxy groups -OCH3 is 1. The number of thioether (sulfide) groups is 1. The zero-order valence-corrected chi connectivity index (χ0v) is 15.6. The largest absolute Gasteiger partial charge is 0.496 e. The number of nitrogens with zero attached hydrogens (tertiary/aromatic N) is 2. The van der Waals surface area contributed by atoms with E-state index in [1.54, 1.807) is 24.3 Å².